The van der Waals surface area contributed by atoms with Crippen LogP contribution in [0.4, 0.5) is 5.69 Å². The maximum atomic E-state index is 13.2. The van der Waals surface area contributed by atoms with Crippen LogP contribution >= 0.6 is 17.7 Å². The molecule has 2 aromatic rings. The molecule has 0 saturated carbocycles. The molecular formula is C27H41N2O4PS. The van der Waals surface area contributed by atoms with Crippen molar-refractivity contribution in [2.75, 3.05) is 38.8 Å². The molecule has 0 radical (unpaired) electrons. The van der Waals surface area contributed by atoms with E-state index in [0.29, 0.717) is 26.1 Å². The SMILES string of the molecule is CCCCCCNc1ccc(OC)cc1.Cc1ccc(SP(C)(=O)C2(C(N)=O)CCOCC2)cc1. The molecule has 1 heterocycles. The summed E-state index contributed by atoms with van der Waals surface area (Å²) in [6.45, 7) is 7.85. The maximum Gasteiger partial charge on any atom is 0.232 e. The lowest BCUT2D eigenvalue weighted by atomic mass is 9.98. The number of nitrogens with two attached hydrogens (primary N) is 1. The van der Waals surface area contributed by atoms with Gasteiger partial charge in [0, 0.05) is 30.3 Å². The van der Waals surface area contributed by atoms with Gasteiger partial charge in [0.1, 0.15) is 10.9 Å². The Bertz CT molecular complexity index is 945. The highest BCUT2D eigenvalue weighted by Gasteiger charge is 2.51. The van der Waals surface area contributed by atoms with Gasteiger partial charge in [-0.2, -0.15) is 0 Å². The fraction of sp³-hybridized carbons (Fsp3) is 0.519. The number of carbonyl (C=O) groups excluding carboxylic acids is 1. The smallest absolute Gasteiger partial charge is 0.232 e. The number of primary amides is 1. The van der Waals surface area contributed by atoms with Crippen LogP contribution in [-0.2, 0) is 14.1 Å². The summed E-state index contributed by atoms with van der Waals surface area (Å²) in [6.07, 6.45) is 3.25. The van der Waals surface area contributed by atoms with Crippen LogP contribution in [0.15, 0.2) is 53.4 Å². The summed E-state index contributed by atoms with van der Waals surface area (Å²) in [5.41, 5.74) is 7.91. The van der Waals surface area contributed by atoms with Gasteiger partial charge in [0.25, 0.3) is 0 Å². The summed E-state index contributed by atoms with van der Waals surface area (Å²) in [5, 5.41) is 2.46. The highest BCUT2D eigenvalue weighted by Crippen LogP contribution is 2.70. The van der Waals surface area contributed by atoms with Crippen LogP contribution in [0.2, 0.25) is 0 Å². The summed E-state index contributed by atoms with van der Waals surface area (Å²) in [6, 6.07) is 15.9. The van der Waals surface area contributed by atoms with Crippen LogP contribution in [0.25, 0.3) is 0 Å². The van der Waals surface area contributed by atoms with Crippen LogP contribution in [0.3, 0.4) is 0 Å². The Kier molecular flexibility index (Phi) is 12.2. The molecule has 35 heavy (non-hydrogen) atoms. The number of ether oxygens (including phenoxy) is 2. The van der Waals surface area contributed by atoms with Crippen LogP contribution in [0, 0.1) is 6.92 Å². The third-order valence-corrected chi connectivity index (χ3v) is 12.1. The fourth-order valence-electron chi connectivity index (χ4n) is 3.94. The Morgan fingerprint density at radius 3 is 2.26 bits per heavy atom. The second-order valence-corrected chi connectivity index (χ2v) is 14.8. The lowest BCUT2D eigenvalue weighted by Gasteiger charge is -2.38. The van der Waals surface area contributed by atoms with Gasteiger partial charge in [-0.05, 0) is 69.2 Å². The van der Waals surface area contributed by atoms with Crippen molar-refractivity contribution in [1.82, 2.24) is 0 Å². The van der Waals surface area contributed by atoms with Gasteiger partial charge < -0.3 is 25.1 Å². The number of amides is 1. The predicted molar refractivity (Wildman–Crippen MR) is 148 cm³/mol. The van der Waals surface area contributed by atoms with Gasteiger partial charge in [-0.3, -0.25) is 4.79 Å². The van der Waals surface area contributed by atoms with Crippen molar-refractivity contribution < 1.29 is 18.8 Å². The van der Waals surface area contributed by atoms with Gasteiger partial charge in [0.15, 0.2) is 6.34 Å². The molecule has 0 aliphatic carbocycles. The van der Waals surface area contributed by atoms with Crippen LogP contribution < -0.4 is 15.8 Å². The quantitative estimate of drug-likeness (QED) is 0.253. The Balaban J connectivity index is 0.000000258. The highest BCUT2D eigenvalue weighted by molar-refractivity contribution is 8.58. The van der Waals surface area contributed by atoms with Crippen molar-refractivity contribution in [3.63, 3.8) is 0 Å². The molecule has 1 unspecified atom stereocenters. The molecule has 3 N–H and O–H groups in total. The number of aryl methyl sites for hydroxylation is 1. The third-order valence-electron chi connectivity index (χ3n) is 6.31. The van der Waals surface area contributed by atoms with E-state index in [4.69, 9.17) is 15.2 Å². The van der Waals surface area contributed by atoms with Gasteiger partial charge >= 0.3 is 0 Å². The average molecular weight is 521 g/mol. The first kappa shape index (κ1) is 29.3. The molecule has 0 bridgehead atoms. The molecule has 0 spiro atoms. The van der Waals surface area contributed by atoms with E-state index >= 15 is 0 Å². The first-order valence-electron chi connectivity index (χ1n) is 12.3. The van der Waals surface area contributed by atoms with E-state index in [0.717, 1.165) is 22.8 Å². The zero-order chi connectivity index (χ0) is 25.7. The number of nitrogens with one attached hydrogen (secondary N) is 1. The summed E-state index contributed by atoms with van der Waals surface area (Å²) < 4.78 is 23.6. The molecule has 1 saturated heterocycles. The van der Waals surface area contributed by atoms with Gasteiger partial charge in [-0.15, -0.1) is 0 Å². The lowest BCUT2D eigenvalue weighted by molar-refractivity contribution is -0.122. The Morgan fingerprint density at radius 1 is 1.09 bits per heavy atom. The van der Waals surface area contributed by atoms with E-state index in [-0.39, 0.29) is 0 Å². The minimum Gasteiger partial charge on any atom is -0.497 e. The number of carbonyl (C=O) groups is 1. The van der Waals surface area contributed by atoms with Gasteiger partial charge in [-0.1, -0.05) is 55.3 Å². The van der Waals surface area contributed by atoms with Crippen molar-refractivity contribution in [3.8, 4) is 5.75 Å². The van der Waals surface area contributed by atoms with E-state index in [9.17, 15) is 9.36 Å². The molecule has 1 atom stereocenters. The highest BCUT2D eigenvalue weighted by atomic mass is 32.7. The van der Waals surface area contributed by atoms with E-state index in [1.165, 1.54) is 42.8 Å². The predicted octanol–water partition coefficient (Wildman–Crippen LogP) is 6.72. The molecule has 194 valence electrons. The largest absolute Gasteiger partial charge is 0.497 e. The number of hydrogen-bond donors (Lipinski definition) is 2. The molecule has 1 aliphatic heterocycles. The van der Waals surface area contributed by atoms with Crippen LogP contribution in [0.1, 0.15) is 51.0 Å². The van der Waals surface area contributed by atoms with Gasteiger partial charge in [0.05, 0.1) is 7.11 Å². The summed E-state index contributed by atoms with van der Waals surface area (Å²) in [5.74, 6) is 0.442. The average Bonchev–Trinajstić information content (AvgIpc) is 2.86. The minimum atomic E-state index is -2.83. The molecule has 2 aromatic carbocycles. The van der Waals surface area contributed by atoms with Gasteiger partial charge in [-0.25, -0.2) is 0 Å². The zero-order valence-electron chi connectivity index (χ0n) is 21.5. The Labute approximate surface area is 214 Å². The van der Waals surface area contributed by atoms with E-state index in [1.807, 2.05) is 43.3 Å². The monoisotopic (exact) mass is 520 g/mol. The first-order chi connectivity index (χ1) is 16.7. The zero-order valence-corrected chi connectivity index (χ0v) is 23.3. The standard InChI is InChI=1S/C14H20NO3PS.C13H21NO/c1-11-3-5-12(6-4-11)20-19(2,17)14(13(15)16)7-9-18-10-8-14;1-3-4-5-6-11-14-12-7-9-13(15-2)10-8-12/h3-6H,7-10H2,1-2H3,(H2,15,16);7-10,14H,3-6,11H2,1-2H3. The van der Waals surface area contributed by atoms with E-state index < -0.39 is 17.4 Å². The molecule has 0 aromatic heterocycles. The molecular weight excluding hydrogens is 479 g/mol. The van der Waals surface area contributed by atoms with Gasteiger partial charge in [0.2, 0.25) is 5.91 Å². The minimum absolute atomic E-state index is 0.439. The summed E-state index contributed by atoms with van der Waals surface area (Å²) >= 11 is 1.29. The topological polar surface area (TPSA) is 90.6 Å². The normalized spacial score (nSPS) is 16.3. The lowest BCUT2D eigenvalue weighted by Crippen LogP contribution is -2.47. The van der Waals surface area contributed by atoms with Crippen molar-refractivity contribution in [1.29, 1.82) is 0 Å². The van der Waals surface area contributed by atoms with Crippen LogP contribution in [0.5, 0.6) is 5.75 Å². The molecule has 1 amide bonds. The number of anilines is 1. The van der Waals surface area contributed by atoms with Crippen molar-refractivity contribution in [3.05, 3.63) is 54.1 Å². The third kappa shape index (κ3) is 8.89. The summed E-state index contributed by atoms with van der Waals surface area (Å²) in [4.78, 5) is 12.9. The van der Waals surface area contributed by atoms with Crippen molar-refractivity contribution >= 4 is 29.3 Å². The number of unbranched alkanes of at least 4 members (excludes halogenated alkanes) is 3. The maximum absolute atomic E-state index is 13.2. The molecule has 3 rings (SSSR count). The van der Waals surface area contributed by atoms with E-state index in [1.54, 1.807) is 13.8 Å². The number of methoxy groups -OCH3 is 1. The Hall–Kier alpha value is -1.95. The first-order valence-corrected chi connectivity index (χ1v) is 15.9. The van der Waals surface area contributed by atoms with Crippen LogP contribution in [-0.4, -0.2) is 44.6 Å². The van der Waals surface area contributed by atoms with Crippen molar-refractivity contribution in [2.45, 2.75) is 62.4 Å². The molecule has 1 fully saturated rings. The number of benzene rings is 2. The Morgan fingerprint density at radius 2 is 1.71 bits per heavy atom. The molecule has 1 aliphatic rings. The number of rotatable bonds is 11. The van der Waals surface area contributed by atoms with E-state index in [2.05, 4.69) is 24.4 Å². The molecule has 6 nitrogen and oxygen atoms in total. The van der Waals surface area contributed by atoms with Crippen molar-refractivity contribution in [2.24, 2.45) is 5.73 Å². The summed E-state index contributed by atoms with van der Waals surface area (Å²) in [7, 11) is 1.69. The second kappa shape index (κ2) is 14.6. The second-order valence-electron chi connectivity index (χ2n) is 8.97. The molecule has 8 heteroatoms. The fourth-order valence-corrected chi connectivity index (χ4v) is 9.09. The number of hydrogen-bond acceptors (Lipinski definition) is 6.